The number of aryl methyl sites for hydroxylation is 1. The molecule has 27 heavy (non-hydrogen) atoms. The molecule has 0 spiro atoms. The molecule has 0 saturated carbocycles. The number of hydroxylamine groups is 1. The van der Waals surface area contributed by atoms with Gasteiger partial charge in [0.1, 0.15) is 6.04 Å². The van der Waals surface area contributed by atoms with E-state index in [1.807, 2.05) is 38.1 Å². The second-order valence-corrected chi connectivity index (χ2v) is 7.88. The third-order valence-corrected chi connectivity index (χ3v) is 6.11. The predicted molar refractivity (Wildman–Crippen MR) is 98.9 cm³/mol. The number of nitrogens with one attached hydrogen (secondary N) is 1. The highest BCUT2D eigenvalue weighted by Gasteiger charge is 2.50. The Morgan fingerprint density at radius 1 is 1.26 bits per heavy atom. The van der Waals surface area contributed by atoms with E-state index in [4.69, 9.17) is 0 Å². The minimum atomic E-state index is -0.779. The van der Waals surface area contributed by atoms with E-state index in [-0.39, 0.29) is 17.7 Å². The number of rotatable bonds is 4. The van der Waals surface area contributed by atoms with E-state index in [1.165, 1.54) is 6.92 Å². The predicted octanol–water partition coefficient (Wildman–Crippen LogP) is 1.23. The molecule has 3 unspecified atom stereocenters. The first-order valence-electron chi connectivity index (χ1n) is 9.35. The van der Waals surface area contributed by atoms with Crippen LogP contribution < -0.4 is 5.48 Å². The molecule has 0 radical (unpaired) electrons. The highest BCUT2D eigenvalue weighted by Crippen LogP contribution is 2.38. The van der Waals surface area contributed by atoms with E-state index in [1.54, 1.807) is 15.3 Å². The summed E-state index contributed by atoms with van der Waals surface area (Å²) >= 11 is 0. The van der Waals surface area contributed by atoms with Gasteiger partial charge in [-0.3, -0.25) is 19.6 Å². The molecule has 1 aromatic carbocycles. The molecule has 3 rings (SSSR count). The van der Waals surface area contributed by atoms with Crippen molar-refractivity contribution in [2.24, 2.45) is 5.92 Å². The van der Waals surface area contributed by atoms with Gasteiger partial charge in [0, 0.05) is 32.5 Å². The van der Waals surface area contributed by atoms with Gasteiger partial charge in [-0.15, -0.1) is 0 Å². The summed E-state index contributed by atoms with van der Waals surface area (Å²) in [6, 6.07) is 7.11. The maximum absolute atomic E-state index is 13.3. The van der Waals surface area contributed by atoms with Crippen LogP contribution in [0.1, 0.15) is 37.8 Å². The minimum absolute atomic E-state index is 0.0436. The van der Waals surface area contributed by atoms with Crippen molar-refractivity contribution in [3.63, 3.8) is 0 Å². The van der Waals surface area contributed by atoms with Crippen LogP contribution in [0.25, 0.3) is 0 Å². The van der Waals surface area contributed by atoms with E-state index in [0.717, 1.165) is 11.1 Å². The number of hydrogen-bond donors (Lipinski definition) is 2. The lowest BCUT2D eigenvalue weighted by molar-refractivity contribution is -0.146. The first-order chi connectivity index (χ1) is 12.8. The van der Waals surface area contributed by atoms with Gasteiger partial charge in [-0.25, -0.2) is 5.48 Å². The molecule has 2 aliphatic rings. The molecule has 2 saturated heterocycles. The summed E-state index contributed by atoms with van der Waals surface area (Å²) in [5, 5.41) is 9.25. The molecule has 3 amide bonds. The van der Waals surface area contributed by atoms with Gasteiger partial charge < -0.3 is 9.80 Å². The Labute approximate surface area is 159 Å². The molecule has 0 bridgehead atoms. The average molecular weight is 373 g/mol. The lowest BCUT2D eigenvalue weighted by Gasteiger charge is -2.32. The summed E-state index contributed by atoms with van der Waals surface area (Å²) in [6.45, 7) is 6.82. The molecule has 2 heterocycles. The van der Waals surface area contributed by atoms with Crippen molar-refractivity contribution >= 4 is 17.7 Å². The van der Waals surface area contributed by atoms with E-state index in [2.05, 4.69) is 0 Å². The van der Waals surface area contributed by atoms with Gasteiger partial charge >= 0.3 is 0 Å². The van der Waals surface area contributed by atoms with Crippen LogP contribution in [0.5, 0.6) is 0 Å². The Hall–Kier alpha value is -2.41. The van der Waals surface area contributed by atoms with Crippen LogP contribution >= 0.6 is 0 Å². The zero-order chi connectivity index (χ0) is 19.8. The fraction of sp³-hybridized carbons (Fsp3) is 0.550. The number of benzene rings is 1. The third kappa shape index (κ3) is 3.43. The van der Waals surface area contributed by atoms with Crippen molar-refractivity contribution < 1.29 is 19.6 Å². The number of nitrogens with zero attached hydrogens (tertiary/aromatic N) is 2. The lowest BCUT2D eigenvalue weighted by atomic mass is 9.80. The van der Waals surface area contributed by atoms with E-state index >= 15 is 0 Å². The van der Waals surface area contributed by atoms with Gasteiger partial charge in [0.05, 0.1) is 5.41 Å². The molecule has 7 nitrogen and oxygen atoms in total. The SMILES string of the molecule is CC(=O)N1CCC(C(C(=O)NO)N2CCC(C)(c3ccc(C)cc3)C2=O)C1. The molecule has 7 heteroatoms. The Balaban J connectivity index is 1.86. The Morgan fingerprint density at radius 2 is 1.93 bits per heavy atom. The Morgan fingerprint density at radius 3 is 2.48 bits per heavy atom. The van der Waals surface area contributed by atoms with Crippen molar-refractivity contribution in [1.82, 2.24) is 15.3 Å². The monoisotopic (exact) mass is 373 g/mol. The van der Waals surface area contributed by atoms with Crippen LogP contribution in [-0.4, -0.2) is 58.4 Å². The second kappa shape index (κ2) is 7.31. The molecule has 146 valence electrons. The van der Waals surface area contributed by atoms with Crippen LogP contribution in [-0.2, 0) is 19.8 Å². The largest absolute Gasteiger partial charge is 0.343 e. The minimum Gasteiger partial charge on any atom is -0.343 e. The standard InChI is InChI=1S/C20H27N3O4/c1-13-4-6-16(7-5-13)20(3)9-11-23(19(20)26)17(18(25)21-27)15-8-10-22(12-15)14(2)24/h4-7,15,17,27H,8-12H2,1-3H3,(H,21,25). The fourth-order valence-corrected chi connectivity index (χ4v) is 4.33. The molecule has 1 aromatic rings. The van der Waals surface area contributed by atoms with E-state index < -0.39 is 17.4 Å². The van der Waals surface area contributed by atoms with Crippen molar-refractivity contribution in [3.8, 4) is 0 Å². The van der Waals surface area contributed by atoms with Crippen LogP contribution in [0.15, 0.2) is 24.3 Å². The number of hydrogen-bond acceptors (Lipinski definition) is 4. The summed E-state index contributed by atoms with van der Waals surface area (Å²) in [5.74, 6) is -0.934. The smallest absolute Gasteiger partial charge is 0.266 e. The number of likely N-dealkylation sites (tertiary alicyclic amines) is 2. The van der Waals surface area contributed by atoms with E-state index in [9.17, 15) is 19.6 Å². The van der Waals surface area contributed by atoms with Gasteiger partial charge in [0.25, 0.3) is 5.91 Å². The zero-order valence-corrected chi connectivity index (χ0v) is 16.1. The maximum atomic E-state index is 13.3. The molecule has 2 N–H and O–H groups in total. The topological polar surface area (TPSA) is 89.9 Å². The number of carbonyl (C=O) groups excluding carboxylic acids is 3. The molecule has 0 aliphatic carbocycles. The number of carbonyl (C=O) groups is 3. The van der Waals surface area contributed by atoms with E-state index in [0.29, 0.717) is 32.5 Å². The highest BCUT2D eigenvalue weighted by atomic mass is 16.5. The molecular weight excluding hydrogens is 346 g/mol. The van der Waals surface area contributed by atoms with Gasteiger partial charge in [-0.2, -0.15) is 0 Å². The third-order valence-electron chi connectivity index (χ3n) is 6.11. The van der Waals surface area contributed by atoms with Crippen molar-refractivity contribution in [3.05, 3.63) is 35.4 Å². The second-order valence-electron chi connectivity index (χ2n) is 7.88. The van der Waals surface area contributed by atoms with Gasteiger partial charge in [-0.1, -0.05) is 29.8 Å². The fourth-order valence-electron chi connectivity index (χ4n) is 4.33. The average Bonchev–Trinajstić information content (AvgIpc) is 3.24. The van der Waals surface area contributed by atoms with Gasteiger partial charge in [-0.05, 0) is 32.3 Å². The molecule has 2 fully saturated rings. The summed E-state index contributed by atoms with van der Waals surface area (Å²) in [7, 11) is 0. The summed E-state index contributed by atoms with van der Waals surface area (Å²) in [6.07, 6.45) is 1.23. The van der Waals surface area contributed by atoms with Crippen LogP contribution in [0.3, 0.4) is 0 Å². The lowest BCUT2D eigenvalue weighted by Crippen LogP contribution is -2.53. The van der Waals surface area contributed by atoms with Gasteiger partial charge in [0.15, 0.2) is 0 Å². The molecule has 2 aliphatic heterocycles. The number of amides is 3. The van der Waals surface area contributed by atoms with Crippen LogP contribution in [0.2, 0.25) is 0 Å². The normalized spacial score (nSPS) is 26.4. The Kier molecular flexibility index (Phi) is 5.24. The van der Waals surface area contributed by atoms with Crippen LogP contribution in [0.4, 0.5) is 0 Å². The molecule has 3 atom stereocenters. The van der Waals surface area contributed by atoms with Crippen molar-refractivity contribution in [2.75, 3.05) is 19.6 Å². The van der Waals surface area contributed by atoms with Crippen molar-refractivity contribution in [1.29, 1.82) is 0 Å². The summed E-state index contributed by atoms with van der Waals surface area (Å²) in [4.78, 5) is 40.7. The molecular formula is C20H27N3O4. The molecule has 0 aromatic heterocycles. The van der Waals surface area contributed by atoms with Gasteiger partial charge in [0.2, 0.25) is 11.8 Å². The summed E-state index contributed by atoms with van der Waals surface area (Å²) < 4.78 is 0. The quantitative estimate of drug-likeness (QED) is 0.614. The Bertz CT molecular complexity index is 748. The first kappa shape index (κ1) is 19.4. The zero-order valence-electron chi connectivity index (χ0n) is 16.1. The summed E-state index contributed by atoms with van der Waals surface area (Å²) in [5.41, 5.74) is 3.08. The first-order valence-corrected chi connectivity index (χ1v) is 9.35. The van der Waals surface area contributed by atoms with Crippen LogP contribution in [0, 0.1) is 12.8 Å². The maximum Gasteiger partial charge on any atom is 0.266 e. The van der Waals surface area contributed by atoms with Crippen molar-refractivity contribution in [2.45, 2.75) is 45.1 Å². The highest BCUT2D eigenvalue weighted by molar-refractivity contribution is 5.94.